The molecule has 0 radical (unpaired) electrons. The number of rotatable bonds is 7. The number of hydrogen-bond donors (Lipinski definition) is 1. The largest absolute Gasteiger partial charge is 0.475 e. The summed E-state index contributed by atoms with van der Waals surface area (Å²) in [5.41, 5.74) is 1.14. The Bertz CT molecular complexity index is 2070. The van der Waals surface area contributed by atoms with Crippen molar-refractivity contribution in [2.24, 2.45) is 5.41 Å². The Morgan fingerprint density at radius 1 is 1.02 bits per heavy atom. The second-order valence-corrected chi connectivity index (χ2v) is 15.4. The number of amides is 1. The standard InChI is InChI=1S/C36H38F3N7O4S/c1-22-7-4-8-23(2)32(22)29-16-31-43-34(42-29)44-51(48,49)28-12-5-9-24(15-28)33(47)46(27(21-50-31)17-35(13-14-35)36(37,38)39)20-25-18-40-19-30(41-25)45(3)26-10-6-11-26/h4-5,7-9,12,15-16,18-19,26-27H,6,10-11,13-14,17,20-21H2,1-3H3,(H,42,43,44)/t27-/m1/s1. The SMILES string of the molecule is Cc1cccc(C)c1-c1cc2nc(n1)NS(=O)(=O)c1cccc(c1)C(=O)N(Cc1cncc(N(C)C3CCC3)n1)[C@H](CC1(C(F)(F)F)CC1)CO2. The number of sulfonamides is 1. The molecular weight excluding hydrogens is 684 g/mol. The number of benzene rings is 2. The summed E-state index contributed by atoms with van der Waals surface area (Å²) in [5.74, 6) is -0.439. The fraction of sp³-hybridized carbons (Fsp3) is 0.417. The molecule has 1 aliphatic heterocycles. The van der Waals surface area contributed by atoms with Gasteiger partial charge in [0.15, 0.2) is 0 Å². The van der Waals surface area contributed by atoms with E-state index in [4.69, 9.17) is 9.72 Å². The molecule has 0 saturated heterocycles. The lowest BCUT2D eigenvalue weighted by Gasteiger charge is -2.36. The molecule has 3 aliphatic rings. The molecule has 2 fully saturated rings. The lowest BCUT2D eigenvalue weighted by molar-refractivity contribution is -0.192. The number of aromatic nitrogens is 4. The summed E-state index contributed by atoms with van der Waals surface area (Å²) in [6, 6.07) is 11.7. The van der Waals surface area contributed by atoms with Gasteiger partial charge >= 0.3 is 6.18 Å². The molecule has 1 amide bonds. The smallest absolute Gasteiger partial charge is 0.394 e. The van der Waals surface area contributed by atoms with Crippen molar-refractivity contribution >= 4 is 27.7 Å². The fourth-order valence-electron chi connectivity index (χ4n) is 6.82. The van der Waals surface area contributed by atoms with Crippen LogP contribution in [0.2, 0.25) is 0 Å². The van der Waals surface area contributed by atoms with Crippen molar-refractivity contribution in [3.8, 4) is 17.1 Å². The summed E-state index contributed by atoms with van der Waals surface area (Å²) >= 11 is 0. The number of halogens is 3. The highest BCUT2D eigenvalue weighted by Crippen LogP contribution is 2.61. The van der Waals surface area contributed by atoms with Crippen LogP contribution in [-0.2, 0) is 16.6 Å². The first-order valence-corrected chi connectivity index (χ1v) is 18.3. The molecular formula is C36H38F3N7O4S. The van der Waals surface area contributed by atoms with E-state index in [1.54, 1.807) is 6.20 Å². The number of carbonyl (C=O) groups is 1. The van der Waals surface area contributed by atoms with Gasteiger partial charge in [-0.3, -0.25) is 9.78 Å². The van der Waals surface area contributed by atoms with Crippen LogP contribution in [0.25, 0.3) is 11.3 Å². The van der Waals surface area contributed by atoms with Crippen LogP contribution in [0.3, 0.4) is 0 Å². The van der Waals surface area contributed by atoms with Gasteiger partial charge in [0, 0.05) is 30.3 Å². The predicted octanol–water partition coefficient (Wildman–Crippen LogP) is 6.48. The number of nitrogens with zero attached hydrogens (tertiary/aromatic N) is 6. The molecule has 268 valence electrons. The van der Waals surface area contributed by atoms with Crippen LogP contribution < -0.4 is 14.4 Å². The van der Waals surface area contributed by atoms with Crippen molar-refractivity contribution in [1.29, 1.82) is 0 Å². The van der Waals surface area contributed by atoms with Crippen molar-refractivity contribution < 1.29 is 31.1 Å². The quantitative estimate of drug-likeness (QED) is 0.228. The predicted molar refractivity (Wildman–Crippen MR) is 184 cm³/mol. The van der Waals surface area contributed by atoms with Crippen molar-refractivity contribution in [2.45, 2.75) is 82.1 Å². The van der Waals surface area contributed by atoms with Crippen LogP contribution >= 0.6 is 0 Å². The number of ether oxygens (including phenoxy) is 1. The monoisotopic (exact) mass is 721 g/mol. The van der Waals surface area contributed by atoms with E-state index < -0.39 is 40.0 Å². The van der Waals surface area contributed by atoms with E-state index in [1.807, 2.05) is 44.0 Å². The third-order valence-corrected chi connectivity index (χ3v) is 11.6. The van der Waals surface area contributed by atoms with Crippen LogP contribution in [0, 0.1) is 19.3 Å². The van der Waals surface area contributed by atoms with Gasteiger partial charge in [-0.05, 0) is 81.7 Å². The van der Waals surface area contributed by atoms with E-state index >= 15 is 0 Å². The maximum Gasteiger partial charge on any atom is 0.394 e. The van der Waals surface area contributed by atoms with Crippen molar-refractivity contribution in [3.63, 3.8) is 0 Å². The second-order valence-electron chi connectivity index (χ2n) is 13.8. The minimum Gasteiger partial charge on any atom is -0.475 e. The molecule has 4 aromatic rings. The van der Waals surface area contributed by atoms with Gasteiger partial charge in [-0.15, -0.1) is 0 Å². The first kappa shape index (κ1) is 34.6. The van der Waals surface area contributed by atoms with E-state index in [9.17, 15) is 26.4 Å². The second kappa shape index (κ2) is 13.1. The van der Waals surface area contributed by atoms with Gasteiger partial charge in [-0.25, -0.2) is 23.1 Å². The molecule has 11 nitrogen and oxygen atoms in total. The fourth-order valence-corrected chi connectivity index (χ4v) is 7.81. The Balaban J connectivity index is 1.35. The molecule has 1 atom stereocenters. The molecule has 1 N–H and O–H groups in total. The van der Waals surface area contributed by atoms with Crippen LogP contribution in [0.4, 0.5) is 24.9 Å². The first-order valence-electron chi connectivity index (χ1n) is 16.9. The highest BCUT2D eigenvalue weighted by Gasteiger charge is 2.64. The third-order valence-electron chi connectivity index (χ3n) is 10.3. The van der Waals surface area contributed by atoms with E-state index in [0.717, 1.165) is 36.0 Å². The summed E-state index contributed by atoms with van der Waals surface area (Å²) in [6.07, 6.45) is 1.13. The molecule has 51 heavy (non-hydrogen) atoms. The maximum atomic E-state index is 14.5. The molecule has 4 bridgehead atoms. The van der Waals surface area contributed by atoms with Crippen LogP contribution in [0.15, 0.2) is 65.8 Å². The number of carbonyl (C=O) groups excluding carboxylic acids is 1. The Kier molecular flexibility index (Phi) is 8.88. The van der Waals surface area contributed by atoms with Crippen LogP contribution in [0.1, 0.15) is 65.7 Å². The third kappa shape index (κ3) is 6.95. The average molecular weight is 722 g/mol. The van der Waals surface area contributed by atoms with Crippen molar-refractivity contribution in [2.75, 3.05) is 23.3 Å². The molecule has 2 aliphatic carbocycles. The summed E-state index contributed by atoms with van der Waals surface area (Å²) < 4.78 is 79.6. The molecule has 7 rings (SSSR count). The normalized spacial score (nSPS) is 19.8. The zero-order valence-corrected chi connectivity index (χ0v) is 29.3. The van der Waals surface area contributed by atoms with E-state index in [1.165, 1.54) is 41.4 Å². The summed E-state index contributed by atoms with van der Waals surface area (Å²) in [7, 11) is -2.41. The number of fused-ring (bicyclic) bond motifs is 4. The molecule has 15 heteroatoms. The molecule has 0 spiro atoms. The summed E-state index contributed by atoms with van der Waals surface area (Å²) in [5, 5.41) is 0. The van der Waals surface area contributed by atoms with Crippen LogP contribution in [0.5, 0.6) is 5.88 Å². The van der Waals surface area contributed by atoms with Gasteiger partial charge in [0.05, 0.1) is 46.7 Å². The number of nitrogens with one attached hydrogen (secondary N) is 1. The topological polar surface area (TPSA) is 131 Å². The van der Waals surface area contributed by atoms with Crippen molar-refractivity contribution in [1.82, 2.24) is 24.8 Å². The number of alkyl halides is 3. The van der Waals surface area contributed by atoms with E-state index in [2.05, 4.69) is 19.7 Å². The van der Waals surface area contributed by atoms with Gasteiger partial charge in [-0.1, -0.05) is 24.3 Å². The number of anilines is 2. The Hall–Kier alpha value is -4.79. The summed E-state index contributed by atoms with van der Waals surface area (Å²) in [6.45, 7) is 3.21. The molecule has 3 heterocycles. The van der Waals surface area contributed by atoms with Gasteiger partial charge in [0.25, 0.3) is 15.9 Å². The Morgan fingerprint density at radius 3 is 2.41 bits per heavy atom. The summed E-state index contributed by atoms with van der Waals surface area (Å²) in [4.78, 5) is 35.5. The minimum absolute atomic E-state index is 0.0291. The molecule has 2 saturated carbocycles. The molecule has 2 aromatic heterocycles. The van der Waals surface area contributed by atoms with Gasteiger partial charge < -0.3 is 14.5 Å². The lowest BCUT2D eigenvalue weighted by atomic mass is 9.92. The zero-order chi connectivity index (χ0) is 36.1. The molecule has 2 aromatic carbocycles. The molecule has 0 unspecified atom stereocenters. The van der Waals surface area contributed by atoms with Crippen LogP contribution in [-0.4, -0.2) is 71.1 Å². The highest BCUT2D eigenvalue weighted by atomic mass is 32.2. The zero-order valence-electron chi connectivity index (χ0n) is 28.4. The first-order chi connectivity index (χ1) is 24.2. The Labute approximate surface area is 294 Å². The van der Waals surface area contributed by atoms with Gasteiger partial charge in [-0.2, -0.15) is 18.2 Å². The number of aryl methyl sites for hydroxylation is 2. The average Bonchev–Trinajstić information content (AvgIpc) is 3.85. The van der Waals surface area contributed by atoms with E-state index in [-0.39, 0.29) is 48.3 Å². The lowest BCUT2D eigenvalue weighted by Crippen LogP contribution is -2.46. The number of hydrogen-bond acceptors (Lipinski definition) is 9. The van der Waals surface area contributed by atoms with Gasteiger partial charge in [0.1, 0.15) is 12.4 Å². The van der Waals surface area contributed by atoms with Crippen molar-refractivity contribution in [3.05, 3.63) is 83.3 Å². The highest BCUT2D eigenvalue weighted by molar-refractivity contribution is 7.92. The van der Waals surface area contributed by atoms with E-state index in [0.29, 0.717) is 23.2 Å². The minimum atomic E-state index is -4.51. The van der Waals surface area contributed by atoms with Gasteiger partial charge in [0.2, 0.25) is 11.8 Å². The Morgan fingerprint density at radius 2 is 1.75 bits per heavy atom. The maximum absolute atomic E-state index is 14.5.